The Bertz CT molecular complexity index is 413. The molecule has 1 fully saturated rings. The molecule has 0 saturated carbocycles. The molecule has 0 spiro atoms. The van der Waals surface area contributed by atoms with Crippen LogP contribution < -0.4 is 114 Å². The molecule has 1 aliphatic heterocycles. The minimum absolute atomic E-state index is 0. The molecule has 0 amide bonds. The second-order valence-electron chi connectivity index (χ2n) is 3.81. The molecule has 16 heteroatoms. The van der Waals surface area contributed by atoms with Crippen molar-refractivity contribution < 1.29 is 155 Å². The van der Waals surface area contributed by atoms with Crippen molar-refractivity contribution in [1.82, 2.24) is 0 Å². The maximum Gasteiger partial charge on any atom is 1.00 e. The van der Waals surface area contributed by atoms with Crippen LogP contribution in [0.3, 0.4) is 0 Å². The Morgan fingerprint density at radius 1 is 1.12 bits per heavy atom. The van der Waals surface area contributed by atoms with Gasteiger partial charge in [-0.25, -0.2) is 0 Å². The van der Waals surface area contributed by atoms with E-state index in [4.69, 9.17) is 43.3 Å². The molecule has 0 aromatic carbocycles. The predicted octanol–water partition coefficient (Wildman–Crippen LogP) is -11.6. The molecule has 0 bridgehead atoms. The van der Waals surface area contributed by atoms with Crippen LogP contribution in [0.4, 0.5) is 0 Å². The van der Waals surface area contributed by atoms with Crippen molar-refractivity contribution >= 4 is 16.4 Å². The van der Waals surface area contributed by atoms with E-state index in [1.165, 1.54) is 0 Å². The molecule has 1 heterocycles. The summed E-state index contributed by atoms with van der Waals surface area (Å²) < 4.78 is 38.8. The van der Waals surface area contributed by atoms with E-state index in [9.17, 15) is 15.0 Å². The van der Waals surface area contributed by atoms with Gasteiger partial charge < -0.3 is 50.8 Å². The number of aliphatic hydroxyl groups is 4. The molecule has 13 nitrogen and oxygen atoms in total. The Morgan fingerprint density at radius 3 is 1.71 bits per heavy atom. The summed E-state index contributed by atoms with van der Waals surface area (Å²) >= 11 is 0. The molecule has 1 aliphatic rings. The van der Waals surface area contributed by atoms with Gasteiger partial charge in [-0.15, -0.1) is 0 Å². The van der Waals surface area contributed by atoms with E-state index in [-0.39, 0.29) is 109 Å². The number of hydrogen-bond donors (Lipinski definition) is 7. The van der Waals surface area contributed by atoms with Crippen molar-refractivity contribution in [3.8, 4) is 0 Å². The summed E-state index contributed by atoms with van der Waals surface area (Å²) in [5.74, 6) is -0.968. The quantitative estimate of drug-likeness (QED) is 0.122. The number of hydrogen-bond acceptors (Lipinski definition) is 12. The number of carboxylic acids is 1. The first-order valence-corrected chi connectivity index (χ1v) is 6.83. The van der Waals surface area contributed by atoms with Crippen LogP contribution in [0, 0.1) is 0 Å². The van der Waals surface area contributed by atoms with Crippen LogP contribution in [0.2, 0.25) is 0 Å². The van der Waals surface area contributed by atoms with Crippen molar-refractivity contribution in [3.63, 3.8) is 0 Å². The smallest absolute Gasteiger partial charge is 0.759 e. The molecule has 9 N–H and O–H groups in total. The molecular formula is C8H18K2N2O11S. The van der Waals surface area contributed by atoms with Crippen LogP contribution in [0.5, 0.6) is 0 Å². The summed E-state index contributed by atoms with van der Waals surface area (Å²) in [6.45, 7) is -0.748. The SMILES string of the molecule is NCC(=O)O.N[C@H]1C(O)O[C@H](CO)[C@@H](O)[C@@H]1O.O=S(=O)([O-])[O-].[K+].[K+]. The summed E-state index contributed by atoms with van der Waals surface area (Å²) in [7, 11) is -5.17. The molecule has 5 atom stereocenters. The van der Waals surface area contributed by atoms with Crippen LogP contribution in [0.25, 0.3) is 0 Å². The Morgan fingerprint density at radius 2 is 1.46 bits per heavy atom. The normalized spacial score (nSPS) is 28.6. The van der Waals surface area contributed by atoms with Gasteiger partial charge in [0.25, 0.3) is 0 Å². The molecule has 1 unspecified atom stereocenters. The zero-order valence-electron chi connectivity index (χ0n) is 13.0. The Kier molecular flexibility index (Phi) is 24.6. The van der Waals surface area contributed by atoms with Gasteiger partial charge in [-0.2, -0.15) is 0 Å². The van der Waals surface area contributed by atoms with E-state index >= 15 is 0 Å². The number of nitrogens with two attached hydrogens (primary N) is 2. The molecule has 24 heavy (non-hydrogen) atoms. The molecule has 134 valence electrons. The third kappa shape index (κ3) is 19.1. The van der Waals surface area contributed by atoms with Gasteiger partial charge in [-0.3, -0.25) is 13.2 Å². The molecule has 0 aromatic rings. The number of rotatable bonds is 2. The fourth-order valence-electron chi connectivity index (χ4n) is 1.12. The topological polar surface area (TPSA) is 260 Å². The average molecular weight is 428 g/mol. The van der Waals surface area contributed by atoms with Gasteiger partial charge >= 0.3 is 109 Å². The van der Waals surface area contributed by atoms with Gasteiger partial charge in [0.1, 0.15) is 18.3 Å². The van der Waals surface area contributed by atoms with Crippen molar-refractivity contribution in [3.05, 3.63) is 0 Å². The summed E-state index contributed by atoms with van der Waals surface area (Å²) in [6, 6.07) is -1.04. The maximum absolute atomic E-state index is 9.24. The first kappa shape index (κ1) is 33.9. The zero-order chi connectivity index (χ0) is 18.1. The summed E-state index contributed by atoms with van der Waals surface area (Å²) in [6.07, 6.45) is -4.85. The van der Waals surface area contributed by atoms with Crippen LogP contribution in [0.1, 0.15) is 0 Å². The van der Waals surface area contributed by atoms with Crippen molar-refractivity contribution in [2.45, 2.75) is 30.6 Å². The standard InChI is InChI=1S/C6H13NO5.C2H5NO2.2K.H2O4S/c7-3-5(10)4(9)2(1-8)12-6(3)11;3-1-2(4)5;;;1-5(2,3)4/h2-6,8-11H,1,7H2;1,3H2,(H,4,5);;;(H2,1,2,3,4)/q;;2*+1;/p-2/t2-,3-,4-,5-,6?;;;;/m1..../s1. The van der Waals surface area contributed by atoms with E-state index in [2.05, 4.69) is 5.73 Å². The number of aliphatic hydroxyl groups excluding tert-OH is 4. The van der Waals surface area contributed by atoms with E-state index in [1.54, 1.807) is 0 Å². The Hall–Kier alpha value is 2.33. The predicted molar refractivity (Wildman–Crippen MR) is 65.1 cm³/mol. The van der Waals surface area contributed by atoms with Crippen LogP contribution in [-0.2, 0) is 19.9 Å². The third-order valence-corrected chi connectivity index (χ3v) is 2.12. The molecule has 1 rings (SSSR count). The summed E-state index contributed by atoms with van der Waals surface area (Å²) in [4.78, 5) is 9.24. The van der Waals surface area contributed by atoms with E-state index in [0.717, 1.165) is 0 Å². The van der Waals surface area contributed by atoms with Gasteiger partial charge in [-0.05, 0) is 0 Å². The number of ether oxygens (including phenoxy) is 1. The van der Waals surface area contributed by atoms with Gasteiger partial charge in [0.05, 0.1) is 19.2 Å². The third-order valence-electron chi connectivity index (χ3n) is 2.12. The molecule has 1 saturated heterocycles. The first-order chi connectivity index (χ1) is 9.84. The second-order valence-corrected chi connectivity index (χ2v) is 4.63. The van der Waals surface area contributed by atoms with Gasteiger partial charge in [0, 0.05) is 10.4 Å². The largest absolute Gasteiger partial charge is 1.00 e. The minimum atomic E-state index is -5.17. The number of carbonyl (C=O) groups is 1. The van der Waals surface area contributed by atoms with E-state index in [0.29, 0.717) is 0 Å². The van der Waals surface area contributed by atoms with Gasteiger partial charge in [0.2, 0.25) is 0 Å². The van der Waals surface area contributed by atoms with Crippen LogP contribution in [-0.4, -0.2) is 92.8 Å². The monoisotopic (exact) mass is 428 g/mol. The first-order valence-electron chi connectivity index (χ1n) is 5.49. The Balaban J connectivity index is -0.000000142. The maximum atomic E-state index is 9.24. The van der Waals surface area contributed by atoms with E-state index < -0.39 is 53.6 Å². The van der Waals surface area contributed by atoms with Crippen molar-refractivity contribution in [2.75, 3.05) is 13.2 Å². The van der Waals surface area contributed by atoms with Crippen LogP contribution in [0.15, 0.2) is 0 Å². The zero-order valence-corrected chi connectivity index (χ0v) is 20.1. The van der Waals surface area contributed by atoms with Gasteiger partial charge in [-0.1, -0.05) is 0 Å². The summed E-state index contributed by atoms with van der Waals surface area (Å²) in [5.41, 5.74) is 9.83. The fourth-order valence-corrected chi connectivity index (χ4v) is 1.12. The average Bonchev–Trinajstić information content (AvgIpc) is 2.39. The van der Waals surface area contributed by atoms with Crippen molar-refractivity contribution in [2.24, 2.45) is 11.5 Å². The van der Waals surface area contributed by atoms with E-state index in [1.807, 2.05) is 0 Å². The van der Waals surface area contributed by atoms with Crippen LogP contribution >= 0.6 is 0 Å². The summed E-state index contributed by atoms with van der Waals surface area (Å²) in [5, 5.41) is 43.7. The molecule has 0 radical (unpaired) electrons. The fraction of sp³-hybridized carbons (Fsp3) is 0.875. The molecule has 0 aliphatic carbocycles. The second kappa shape index (κ2) is 17.4. The number of carboxylic acid groups (broad SMARTS) is 1. The minimum Gasteiger partial charge on any atom is -0.759 e. The molecular weight excluding hydrogens is 410 g/mol. The van der Waals surface area contributed by atoms with Crippen molar-refractivity contribution in [1.29, 1.82) is 0 Å². The Labute approximate surface area is 223 Å². The van der Waals surface area contributed by atoms with Gasteiger partial charge in [0.15, 0.2) is 6.29 Å². The molecule has 0 aromatic heterocycles. The number of aliphatic carboxylic acids is 1.